The number of carbonyl (C=O) groups excluding carboxylic acids is 1. The molecule has 20 heavy (non-hydrogen) atoms. The lowest BCUT2D eigenvalue weighted by Crippen LogP contribution is -2.36. The van der Waals surface area contributed by atoms with Crippen LogP contribution in [-0.4, -0.2) is 37.5 Å². The van der Waals surface area contributed by atoms with Gasteiger partial charge in [0.1, 0.15) is 6.04 Å². The van der Waals surface area contributed by atoms with Gasteiger partial charge in [0.2, 0.25) is 5.91 Å². The Bertz CT molecular complexity index is 436. The highest BCUT2D eigenvalue weighted by atomic mass is 16.2. The molecule has 4 nitrogen and oxygen atoms in total. The summed E-state index contributed by atoms with van der Waals surface area (Å²) >= 11 is 0. The van der Waals surface area contributed by atoms with Gasteiger partial charge in [0.25, 0.3) is 0 Å². The second-order valence-corrected chi connectivity index (χ2v) is 5.72. The molecule has 1 aromatic rings. The third-order valence-electron chi connectivity index (χ3n) is 3.82. The second kappa shape index (κ2) is 6.75. The number of amides is 1. The van der Waals surface area contributed by atoms with Crippen molar-refractivity contribution in [3.63, 3.8) is 0 Å². The van der Waals surface area contributed by atoms with Gasteiger partial charge in [-0.25, -0.2) is 0 Å². The van der Waals surface area contributed by atoms with Gasteiger partial charge in [0.15, 0.2) is 0 Å². The van der Waals surface area contributed by atoms with Crippen molar-refractivity contribution in [1.29, 1.82) is 0 Å². The predicted molar refractivity (Wildman–Crippen MR) is 82.8 cm³/mol. The number of likely N-dealkylation sites (N-methyl/N-ethyl adjacent to an activating group) is 1. The first-order valence-electron chi connectivity index (χ1n) is 7.39. The molecule has 0 aromatic heterocycles. The standard InChI is InChI=1S/C16H25N3O/c1-12(16(20)19(2)3)18-14-9-7-13(8-10-14)15-6-4-5-11-17-15/h7-10,12,15,17-18H,4-6,11H2,1-3H3/t12-,15+/m1/s1. The van der Waals surface area contributed by atoms with Crippen molar-refractivity contribution >= 4 is 11.6 Å². The maximum Gasteiger partial charge on any atom is 0.244 e. The molecular formula is C16H25N3O. The first-order valence-corrected chi connectivity index (χ1v) is 7.39. The van der Waals surface area contributed by atoms with Gasteiger partial charge in [-0.2, -0.15) is 0 Å². The van der Waals surface area contributed by atoms with Crippen LogP contribution in [-0.2, 0) is 4.79 Å². The maximum absolute atomic E-state index is 11.8. The van der Waals surface area contributed by atoms with Crippen LogP contribution in [0.5, 0.6) is 0 Å². The second-order valence-electron chi connectivity index (χ2n) is 5.72. The van der Waals surface area contributed by atoms with Gasteiger partial charge in [-0.05, 0) is 44.0 Å². The third-order valence-corrected chi connectivity index (χ3v) is 3.82. The minimum Gasteiger partial charge on any atom is -0.374 e. The molecule has 4 heteroatoms. The van der Waals surface area contributed by atoms with E-state index in [-0.39, 0.29) is 11.9 Å². The minimum atomic E-state index is -0.205. The Balaban J connectivity index is 1.95. The molecule has 1 fully saturated rings. The van der Waals surface area contributed by atoms with Gasteiger partial charge < -0.3 is 15.5 Å². The first-order chi connectivity index (χ1) is 9.58. The zero-order chi connectivity index (χ0) is 14.5. The van der Waals surface area contributed by atoms with Crippen LogP contribution in [0.3, 0.4) is 0 Å². The van der Waals surface area contributed by atoms with Gasteiger partial charge in [-0.1, -0.05) is 18.6 Å². The Kier molecular flexibility index (Phi) is 5.01. The van der Waals surface area contributed by atoms with E-state index in [1.54, 1.807) is 19.0 Å². The van der Waals surface area contributed by atoms with E-state index in [0.29, 0.717) is 6.04 Å². The van der Waals surface area contributed by atoms with Crippen molar-refractivity contribution in [3.05, 3.63) is 29.8 Å². The van der Waals surface area contributed by atoms with E-state index >= 15 is 0 Å². The van der Waals surface area contributed by atoms with Crippen LogP contribution in [0.15, 0.2) is 24.3 Å². The molecule has 0 unspecified atom stereocenters. The van der Waals surface area contributed by atoms with E-state index in [9.17, 15) is 4.79 Å². The molecule has 1 heterocycles. The number of anilines is 1. The quantitative estimate of drug-likeness (QED) is 0.887. The molecular weight excluding hydrogens is 250 g/mol. The van der Waals surface area contributed by atoms with Crippen LogP contribution in [0, 0.1) is 0 Å². The van der Waals surface area contributed by atoms with Crippen LogP contribution < -0.4 is 10.6 Å². The van der Waals surface area contributed by atoms with Crippen LogP contribution in [0.2, 0.25) is 0 Å². The lowest BCUT2D eigenvalue weighted by Gasteiger charge is -2.24. The summed E-state index contributed by atoms with van der Waals surface area (Å²) in [6, 6.07) is 8.70. The molecule has 0 spiro atoms. The Morgan fingerprint density at radius 2 is 2.00 bits per heavy atom. The molecule has 1 aromatic carbocycles. The van der Waals surface area contributed by atoms with Crippen molar-refractivity contribution < 1.29 is 4.79 Å². The number of hydrogen-bond donors (Lipinski definition) is 2. The highest BCUT2D eigenvalue weighted by molar-refractivity contribution is 5.83. The number of rotatable bonds is 4. The number of benzene rings is 1. The zero-order valence-corrected chi connectivity index (χ0v) is 12.6. The van der Waals surface area contributed by atoms with E-state index in [1.165, 1.54) is 24.8 Å². The predicted octanol–water partition coefficient (Wildman–Crippen LogP) is 2.39. The van der Waals surface area contributed by atoms with Crippen LogP contribution in [0.25, 0.3) is 0 Å². The number of carbonyl (C=O) groups is 1. The third kappa shape index (κ3) is 3.73. The highest BCUT2D eigenvalue weighted by Gasteiger charge is 2.16. The molecule has 1 amide bonds. The van der Waals surface area contributed by atoms with Gasteiger partial charge in [0.05, 0.1) is 0 Å². The molecule has 2 N–H and O–H groups in total. The molecule has 0 radical (unpaired) electrons. The lowest BCUT2D eigenvalue weighted by molar-refractivity contribution is -0.129. The Morgan fingerprint density at radius 3 is 2.55 bits per heavy atom. The van der Waals surface area contributed by atoms with Crippen LogP contribution in [0.1, 0.15) is 37.8 Å². The molecule has 0 aliphatic carbocycles. The normalized spacial score (nSPS) is 20.2. The monoisotopic (exact) mass is 275 g/mol. The Hall–Kier alpha value is -1.55. The molecule has 1 aliphatic rings. The van der Waals surface area contributed by atoms with Crippen LogP contribution >= 0.6 is 0 Å². The first kappa shape index (κ1) is 14.9. The van der Waals surface area contributed by atoms with E-state index in [0.717, 1.165) is 12.2 Å². The molecule has 2 rings (SSSR count). The zero-order valence-electron chi connectivity index (χ0n) is 12.6. The summed E-state index contributed by atoms with van der Waals surface area (Å²) in [7, 11) is 3.55. The number of piperidine rings is 1. The number of nitrogens with one attached hydrogen (secondary N) is 2. The summed E-state index contributed by atoms with van der Waals surface area (Å²) in [6.07, 6.45) is 3.79. The topological polar surface area (TPSA) is 44.4 Å². The van der Waals surface area contributed by atoms with E-state index in [4.69, 9.17) is 0 Å². The van der Waals surface area contributed by atoms with Crippen molar-refractivity contribution in [3.8, 4) is 0 Å². The molecule has 2 atom stereocenters. The maximum atomic E-state index is 11.8. The van der Waals surface area contributed by atoms with Gasteiger partial charge >= 0.3 is 0 Å². The Labute approximate surface area is 121 Å². The smallest absolute Gasteiger partial charge is 0.244 e. The average Bonchev–Trinajstić information content (AvgIpc) is 2.48. The molecule has 0 bridgehead atoms. The summed E-state index contributed by atoms with van der Waals surface area (Å²) in [5.41, 5.74) is 2.33. The average molecular weight is 275 g/mol. The van der Waals surface area contributed by atoms with E-state index < -0.39 is 0 Å². The summed E-state index contributed by atoms with van der Waals surface area (Å²) < 4.78 is 0. The summed E-state index contributed by atoms with van der Waals surface area (Å²) in [4.78, 5) is 13.4. The van der Waals surface area contributed by atoms with Gasteiger partial charge in [-0.15, -0.1) is 0 Å². The van der Waals surface area contributed by atoms with Crippen molar-refractivity contribution in [1.82, 2.24) is 10.2 Å². The SMILES string of the molecule is C[C@@H](Nc1ccc([C@@H]2CCCCN2)cc1)C(=O)N(C)C. The van der Waals surface area contributed by atoms with Crippen molar-refractivity contribution in [2.24, 2.45) is 0 Å². The fraction of sp³-hybridized carbons (Fsp3) is 0.562. The fourth-order valence-electron chi connectivity index (χ4n) is 2.65. The molecule has 1 saturated heterocycles. The highest BCUT2D eigenvalue weighted by Crippen LogP contribution is 2.24. The summed E-state index contributed by atoms with van der Waals surface area (Å²) in [5.74, 6) is 0.0861. The molecule has 0 saturated carbocycles. The lowest BCUT2D eigenvalue weighted by atomic mass is 9.97. The fourth-order valence-corrected chi connectivity index (χ4v) is 2.65. The summed E-state index contributed by atoms with van der Waals surface area (Å²) in [5, 5.41) is 6.79. The van der Waals surface area contributed by atoms with Gasteiger partial charge in [0, 0.05) is 25.8 Å². The van der Waals surface area contributed by atoms with Crippen molar-refractivity contribution in [2.75, 3.05) is 26.0 Å². The van der Waals surface area contributed by atoms with Gasteiger partial charge in [-0.3, -0.25) is 4.79 Å². The van der Waals surface area contributed by atoms with Crippen LogP contribution in [0.4, 0.5) is 5.69 Å². The largest absolute Gasteiger partial charge is 0.374 e. The van der Waals surface area contributed by atoms with Crippen molar-refractivity contribution in [2.45, 2.75) is 38.3 Å². The number of hydrogen-bond acceptors (Lipinski definition) is 3. The van der Waals surface area contributed by atoms with E-state index in [1.807, 2.05) is 6.92 Å². The Morgan fingerprint density at radius 1 is 1.30 bits per heavy atom. The minimum absolute atomic E-state index is 0.0861. The number of nitrogens with zero attached hydrogens (tertiary/aromatic N) is 1. The summed E-state index contributed by atoms with van der Waals surface area (Å²) in [6.45, 7) is 3.00. The molecule has 110 valence electrons. The van der Waals surface area contributed by atoms with E-state index in [2.05, 4.69) is 34.9 Å². The molecule has 1 aliphatic heterocycles.